The Balaban J connectivity index is 2.25. The summed E-state index contributed by atoms with van der Waals surface area (Å²) in [4.78, 5) is 10.6. The molecule has 0 atom stereocenters. The fraction of sp³-hybridized carbons (Fsp3) is 0.417. The van der Waals surface area contributed by atoms with Gasteiger partial charge in [0.2, 0.25) is 0 Å². The average molecular weight is 281 g/mol. The predicted octanol–water partition coefficient (Wildman–Crippen LogP) is 2.22. The molecule has 102 valence electrons. The standard InChI is InChI=1S/C12H15N3O3S/c1-8(2)11-13-14-12(19-7-10(16)17)15(11)6-9-4-3-5-18-9/h3-5,8H,6-7H2,1-2H3,(H,16,17). The molecule has 0 saturated heterocycles. The fourth-order valence-corrected chi connectivity index (χ4v) is 2.33. The van der Waals surface area contributed by atoms with Gasteiger partial charge in [0.1, 0.15) is 11.6 Å². The number of aromatic nitrogens is 3. The molecule has 6 nitrogen and oxygen atoms in total. The number of carbonyl (C=O) groups is 1. The van der Waals surface area contributed by atoms with Crippen molar-refractivity contribution in [3.63, 3.8) is 0 Å². The van der Waals surface area contributed by atoms with Gasteiger partial charge in [-0.2, -0.15) is 0 Å². The van der Waals surface area contributed by atoms with E-state index in [4.69, 9.17) is 9.52 Å². The van der Waals surface area contributed by atoms with Gasteiger partial charge in [-0.3, -0.25) is 9.36 Å². The van der Waals surface area contributed by atoms with Crippen LogP contribution in [-0.2, 0) is 11.3 Å². The first-order chi connectivity index (χ1) is 9.08. The van der Waals surface area contributed by atoms with Gasteiger partial charge in [-0.05, 0) is 12.1 Å². The Bertz CT molecular complexity index is 549. The summed E-state index contributed by atoms with van der Waals surface area (Å²) in [6, 6.07) is 3.69. The molecule has 0 saturated carbocycles. The highest BCUT2D eigenvalue weighted by atomic mass is 32.2. The molecule has 0 aliphatic rings. The Morgan fingerprint density at radius 3 is 2.89 bits per heavy atom. The number of nitrogens with zero attached hydrogens (tertiary/aromatic N) is 3. The van der Waals surface area contributed by atoms with Gasteiger partial charge in [-0.1, -0.05) is 25.6 Å². The van der Waals surface area contributed by atoms with Crippen molar-refractivity contribution in [3.05, 3.63) is 30.0 Å². The third kappa shape index (κ3) is 3.37. The van der Waals surface area contributed by atoms with E-state index in [2.05, 4.69) is 10.2 Å². The zero-order chi connectivity index (χ0) is 13.8. The van der Waals surface area contributed by atoms with Crippen molar-refractivity contribution in [2.45, 2.75) is 31.5 Å². The first-order valence-electron chi connectivity index (χ1n) is 5.88. The number of thioether (sulfide) groups is 1. The number of hydrogen-bond donors (Lipinski definition) is 1. The van der Waals surface area contributed by atoms with Gasteiger partial charge < -0.3 is 9.52 Å². The Morgan fingerprint density at radius 2 is 2.32 bits per heavy atom. The van der Waals surface area contributed by atoms with Crippen LogP contribution in [0.2, 0.25) is 0 Å². The zero-order valence-corrected chi connectivity index (χ0v) is 11.6. The molecular weight excluding hydrogens is 266 g/mol. The Hall–Kier alpha value is -1.76. The summed E-state index contributed by atoms with van der Waals surface area (Å²) in [6.07, 6.45) is 1.61. The highest BCUT2D eigenvalue weighted by Crippen LogP contribution is 2.22. The normalized spacial score (nSPS) is 11.1. The second-order valence-corrected chi connectivity index (χ2v) is 5.29. The molecule has 1 N–H and O–H groups in total. The van der Waals surface area contributed by atoms with Crippen LogP contribution in [0.25, 0.3) is 0 Å². The van der Waals surface area contributed by atoms with E-state index in [9.17, 15) is 4.79 Å². The van der Waals surface area contributed by atoms with Crippen LogP contribution in [0.1, 0.15) is 31.4 Å². The largest absolute Gasteiger partial charge is 0.481 e. The molecule has 0 aliphatic heterocycles. The van der Waals surface area contributed by atoms with Crippen molar-refractivity contribution in [2.24, 2.45) is 0 Å². The van der Waals surface area contributed by atoms with Crippen LogP contribution in [-0.4, -0.2) is 31.6 Å². The zero-order valence-electron chi connectivity index (χ0n) is 10.7. The van der Waals surface area contributed by atoms with Crippen LogP contribution in [0, 0.1) is 0 Å². The van der Waals surface area contributed by atoms with E-state index in [1.807, 2.05) is 30.5 Å². The van der Waals surface area contributed by atoms with Crippen LogP contribution < -0.4 is 0 Å². The van der Waals surface area contributed by atoms with Crippen LogP contribution in [0.15, 0.2) is 28.0 Å². The topological polar surface area (TPSA) is 81.1 Å². The average Bonchev–Trinajstić information content (AvgIpc) is 2.96. The van der Waals surface area contributed by atoms with Gasteiger partial charge in [-0.25, -0.2) is 0 Å². The molecule has 19 heavy (non-hydrogen) atoms. The van der Waals surface area contributed by atoms with Crippen LogP contribution in [0.5, 0.6) is 0 Å². The third-order valence-corrected chi connectivity index (χ3v) is 3.43. The van der Waals surface area contributed by atoms with E-state index in [0.29, 0.717) is 11.7 Å². The summed E-state index contributed by atoms with van der Waals surface area (Å²) < 4.78 is 7.22. The summed E-state index contributed by atoms with van der Waals surface area (Å²) in [5.41, 5.74) is 0. The van der Waals surface area contributed by atoms with E-state index in [1.165, 1.54) is 0 Å². The van der Waals surface area contributed by atoms with Crippen molar-refractivity contribution in [2.75, 3.05) is 5.75 Å². The second kappa shape index (κ2) is 5.92. The molecule has 0 unspecified atom stereocenters. The minimum atomic E-state index is -0.872. The molecular formula is C12H15N3O3S. The maximum Gasteiger partial charge on any atom is 0.313 e. The van der Waals surface area contributed by atoms with Gasteiger partial charge in [0.15, 0.2) is 5.16 Å². The van der Waals surface area contributed by atoms with E-state index in [0.717, 1.165) is 23.3 Å². The molecule has 2 heterocycles. The van der Waals surface area contributed by atoms with Crippen LogP contribution in [0.4, 0.5) is 0 Å². The summed E-state index contributed by atoms with van der Waals surface area (Å²) in [6.45, 7) is 4.55. The monoisotopic (exact) mass is 281 g/mol. The summed E-state index contributed by atoms with van der Waals surface area (Å²) in [7, 11) is 0. The number of carboxylic acid groups (broad SMARTS) is 1. The minimum absolute atomic E-state index is 0.0333. The lowest BCUT2D eigenvalue weighted by molar-refractivity contribution is -0.133. The SMILES string of the molecule is CC(C)c1nnc(SCC(=O)O)n1Cc1ccco1. The lowest BCUT2D eigenvalue weighted by Crippen LogP contribution is -2.08. The molecule has 0 aliphatic carbocycles. The van der Waals surface area contributed by atoms with Gasteiger partial charge in [0, 0.05) is 5.92 Å². The molecule has 7 heteroatoms. The second-order valence-electron chi connectivity index (χ2n) is 4.34. The van der Waals surface area contributed by atoms with Gasteiger partial charge in [0.25, 0.3) is 0 Å². The fourth-order valence-electron chi connectivity index (χ4n) is 1.67. The first-order valence-corrected chi connectivity index (χ1v) is 6.86. The van der Waals surface area contributed by atoms with Crippen molar-refractivity contribution in [1.29, 1.82) is 0 Å². The van der Waals surface area contributed by atoms with Crippen molar-refractivity contribution >= 4 is 17.7 Å². The number of furan rings is 1. The molecule has 2 aromatic heterocycles. The minimum Gasteiger partial charge on any atom is -0.481 e. The van der Waals surface area contributed by atoms with Crippen molar-refractivity contribution in [1.82, 2.24) is 14.8 Å². The smallest absolute Gasteiger partial charge is 0.313 e. The first kappa shape index (κ1) is 13.7. The summed E-state index contributed by atoms with van der Waals surface area (Å²) >= 11 is 1.16. The van der Waals surface area contributed by atoms with Crippen molar-refractivity contribution < 1.29 is 14.3 Å². The van der Waals surface area contributed by atoms with E-state index in [-0.39, 0.29) is 11.7 Å². The lowest BCUT2D eigenvalue weighted by Gasteiger charge is -2.09. The maximum atomic E-state index is 10.6. The number of carboxylic acids is 1. The molecule has 0 bridgehead atoms. The van der Waals surface area contributed by atoms with Gasteiger partial charge in [-0.15, -0.1) is 10.2 Å². The Morgan fingerprint density at radius 1 is 1.53 bits per heavy atom. The van der Waals surface area contributed by atoms with E-state index < -0.39 is 5.97 Å². The Kier molecular flexibility index (Phi) is 4.26. The molecule has 0 aromatic carbocycles. The maximum absolute atomic E-state index is 10.6. The molecule has 2 aromatic rings. The summed E-state index contributed by atoms with van der Waals surface area (Å²) in [5, 5.41) is 17.5. The van der Waals surface area contributed by atoms with Gasteiger partial charge in [0.05, 0.1) is 18.6 Å². The Labute approximate surface area is 114 Å². The highest BCUT2D eigenvalue weighted by Gasteiger charge is 2.17. The molecule has 0 radical (unpaired) electrons. The van der Waals surface area contributed by atoms with E-state index in [1.54, 1.807) is 6.26 Å². The third-order valence-electron chi connectivity index (χ3n) is 2.48. The van der Waals surface area contributed by atoms with Gasteiger partial charge >= 0.3 is 5.97 Å². The van der Waals surface area contributed by atoms with Crippen LogP contribution in [0.3, 0.4) is 0 Å². The number of rotatable bonds is 6. The van der Waals surface area contributed by atoms with Crippen molar-refractivity contribution in [3.8, 4) is 0 Å². The van der Waals surface area contributed by atoms with E-state index >= 15 is 0 Å². The lowest BCUT2D eigenvalue weighted by atomic mass is 10.2. The predicted molar refractivity (Wildman–Crippen MR) is 70.3 cm³/mol. The number of aliphatic carboxylic acids is 1. The quantitative estimate of drug-likeness (QED) is 0.818. The number of hydrogen-bond acceptors (Lipinski definition) is 5. The highest BCUT2D eigenvalue weighted by molar-refractivity contribution is 7.99. The molecule has 0 fully saturated rings. The van der Waals surface area contributed by atoms with Crippen LogP contribution >= 0.6 is 11.8 Å². The molecule has 2 rings (SSSR count). The molecule has 0 spiro atoms. The summed E-state index contributed by atoms with van der Waals surface area (Å²) in [5.74, 6) is 0.919. The molecule has 0 amide bonds.